The minimum absolute atomic E-state index is 0.193. The summed E-state index contributed by atoms with van der Waals surface area (Å²) < 4.78 is 7.66. The van der Waals surface area contributed by atoms with Gasteiger partial charge in [0.25, 0.3) is 0 Å². The summed E-state index contributed by atoms with van der Waals surface area (Å²) in [7, 11) is 4.15. The monoisotopic (exact) mass is 434 g/mol. The van der Waals surface area contributed by atoms with Crippen LogP contribution in [0.2, 0.25) is 0 Å². The smallest absolute Gasteiger partial charge is 0.237 e. The van der Waals surface area contributed by atoms with Gasteiger partial charge in [-0.2, -0.15) is 4.98 Å². The van der Waals surface area contributed by atoms with Crippen molar-refractivity contribution in [2.45, 2.75) is 36.8 Å². The summed E-state index contributed by atoms with van der Waals surface area (Å²) in [5, 5.41) is 14.0. The van der Waals surface area contributed by atoms with E-state index in [4.69, 9.17) is 4.52 Å². The Balaban J connectivity index is 1.56. The molecular formula is C23H26N6OS. The van der Waals surface area contributed by atoms with Gasteiger partial charge in [-0.25, -0.2) is 0 Å². The van der Waals surface area contributed by atoms with Crippen molar-refractivity contribution in [2.75, 3.05) is 14.1 Å². The molecule has 8 heteroatoms. The topological polar surface area (TPSA) is 72.9 Å². The summed E-state index contributed by atoms with van der Waals surface area (Å²) in [5.74, 6) is 2.67. The fraction of sp³-hybridized carbons (Fsp3) is 0.304. The average Bonchev–Trinajstić information content (AvgIpc) is 3.42. The van der Waals surface area contributed by atoms with Gasteiger partial charge in [0.1, 0.15) is 0 Å². The van der Waals surface area contributed by atoms with Crippen molar-refractivity contribution < 1.29 is 4.52 Å². The van der Waals surface area contributed by atoms with Gasteiger partial charge in [-0.05, 0) is 26.1 Å². The maximum absolute atomic E-state index is 5.46. The summed E-state index contributed by atoms with van der Waals surface area (Å²) in [4.78, 5) is 6.72. The lowest BCUT2D eigenvalue weighted by atomic mass is 10.2. The molecule has 160 valence electrons. The maximum atomic E-state index is 5.46. The van der Waals surface area contributed by atoms with Crippen molar-refractivity contribution in [1.29, 1.82) is 0 Å². The Kier molecular flexibility index (Phi) is 6.79. The third-order valence-corrected chi connectivity index (χ3v) is 6.01. The van der Waals surface area contributed by atoms with Gasteiger partial charge in [-0.1, -0.05) is 84.5 Å². The van der Waals surface area contributed by atoms with E-state index >= 15 is 0 Å². The third kappa shape index (κ3) is 5.03. The zero-order chi connectivity index (χ0) is 21.6. The van der Waals surface area contributed by atoms with Crippen molar-refractivity contribution in [3.63, 3.8) is 0 Å². The molecular weight excluding hydrogens is 408 g/mol. The lowest BCUT2D eigenvalue weighted by Gasteiger charge is -2.23. The molecule has 0 aliphatic heterocycles. The quantitative estimate of drug-likeness (QED) is 0.354. The van der Waals surface area contributed by atoms with E-state index in [-0.39, 0.29) is 6.04 Å². The average molecular weight is 435 g/mol. The first-order valence-electron chi connectivity index (χ1n) is 10.3. The normalized spacial score (nSPS) is 12.4. The first kappa shape index (κ1) is 21.3. The van der Waals surface area contributed by atoms with E-state index < -0.39 is 0 Å². The molecule has 0 saturated carbocycles. The van der Waals surface area contributed by atoms with Gasteiger partial charge >= 0.3 is 0 Å². The number of rotatable bonds is 9. The number of thioether (sulfide) groups is 1. The lowest BCUT2D eigenvalue weighted by Crippen LogP contribution is -2.23. The van der Waals surface area contributed by atoms with Crippen molar-refractivity contribution >= 4 is 11.8 Å². The number of nitrogens with zero attached hydrogens (tertiary/aromatic N) is 6. The molecule has 0 spiro atoms. The van der Waals surface area contributed by atoms with Gasteiger partial charge in [0.2, 0.25) is 11.7 Å². The van der Waals surface area contributed by atoms with Crippen LogP contribution in [0.25, 0.3) is 11.4 Å². The highest BCUT2D eigenvalue weighted by atomic mass is 32.2. The SMILES string of the molecule is CCC(c1nnc(SCc2nc(-c3ccccc3)no2)n1Cc1ccccc1)N(C)C. The minimum Gasteiger partial charge on any atom is -0.338 e. The molecule has 4 aromatic rings. The molecule has 1 unspecified atom stereocenters. The van der Waals surface area contributed by atoms with Gasteiger partial charge < -0.3 is 9.09 Å². The number of hydrogen-bond acceptors (Lipinski definition) is 7. The zero-order valence-corrected chi connectivity index (χ0v) is 18.8. The van der Waals surface area contributed by atoms with Crippen LogP contribution in [0.15, 0.2) is 70.3 Å². The molecule has 1 atom stereocenters. The highest BCUT2D eigenvalue weighted by molar-refractivity contribution is 7.98. The largest absolute Gasteiger partial charge is 0.338 e. The molecule has 0 saturated heterocycles. The van der Waals surface area contributed by atoms with Crippen LogP contribution in [-0.4, -0.2) is 43.9 Å². The third-order valence-electron chi connectivity index (χ3n) is 5.06. The van der Waals surface area contributed by atoms with E-state index in [2.05, 4.69) is 75.1 Å². The van der Waals surface area contributed by atoms with E-state index in [0.717, 1.165) is 29.5 Å². The fourth-order valence-corrected chi connectivity index (χ4v) is 4.27. The lowest BCUT2D eigenvalue weighted by molar-refractivity contribution is 0.272. The summed E-state index contributed by atoms with van der Waals surface area (Å²) in [6, 6.07) is 20.4. The Morgan fingerprint density at radius 1 is 1.00 bits per heavy atom. The molecule has 0 fully saturated rings. The minimum atomic E-state index is 0.193. The van der Waals surface area contributed by atoms with Crippen LogP contribution in [0.1, 0.15) is 36.7 Å². The second-order valence-corrected chi connectivity index (χ2v) is 8.41. The van der Waals surface area contributed by atoms with Gasteiger partial charge in [0.15, 0.2) is 11.0 Å². The van der Waals surface area contributed by atoms with Gasteiger partial charge in [0, 0.05) is 5.56 Å². The van der Waals surface area contributed by atoms with E-state index in [1.165, 1.54) is 5.56 Å². The highest BCUT2D eigenvalue weighted by Crippen LogP contribution is 2.28. The summed E-state index contributed by atoms with van der Waals surface area (Å²) in [6.07, 6.45) is 0.953. The van der Waals surface area contributed by atoms with Crippen LogP contribution < -0.4 is 0 Å². The van der Waals surface area contributed by atoms with E-state index in [1.807, 2.05) is 36.4 Å². The van der Waals surface area contributed by atoms with E-state index in [9.17, 15) is 0 Å². The predicted octanol–water partition coefficient (Wildman–Crippen LogP) is 4.68. The molecule has 2 aromatic heterocycles. The van der Waals surface area contributed by atoms with E-state index in [1.54, 1.807) is 11.8 Å². The first-order valence-corrected chi connectivity index (χ1v) is 11.3. The molecule has 4 rings (SSSR count). The first-order chi connectivity index (χ1) is 15.2. The molecule has 0 bridgehead atoms. The number of benzene rings is 2. The predicted molar refractivity (Wildman–Crippen MR) is 122 cm³/mol. The van der Waals surface area contributed by atoms with Crippen molar-refractivity contribution in [1.82, 2.24) is 29.8 Å². The number of aromatic nitrogens is 5. The Morgan fingerprint density at radius 2 is 1.71 bits per heavy atom. The molecule has 7 nitrogen and oxygen atoms in total. The van der Waals surface area contributed by atoms with Crippen LogP contribution in [0.3, 0.4) is 0 Å². The van der Waals surface area contributed by atoms with Crippen molar-refractivity contribution in [3.8, 4) is 11.4 Å². The van der Waals surface area contributed by atoms with Crippen LogP contribution in [-0.2, 0) is 12.3 Å². The molecule has 0 aliphatic rings. The standard InChI is InChI=1S/C23H26N6OS/c1-4-19(28(2)3)22-25-26-23(29(22)15-17-11-7-5-8-12-17)31-16-20-24-21(27-30-20)18-13-9-6-10-14-18/h5-14,19H,4,15-16H2,1-3H3. The fourth-order valence-electron chi connectivity index (χ4n) is 3.49. The Morgan fingerprint density at radius 3 is 2.39 bits per heavy atom. The van der Waals surface area contributed by atoms with Crippen molar-refractivity contribution in [2.24, 2.45) is 0 Å². The summed E-state index contributed by atoms with van der Waals surface area (Å²) >= 11 is 1.56. The highest BCUT2D eigenvalue weighted by Gasteiger charge is 2.22. The Hall–Kier alpha value is -2.97. The Labute approximate surface area is 186 Å². The van der Waals surface area contributed by atoms with Crippen LogP contribution >= 0.6 is 11.8 Å². The molecule has 2 aromatic carbocycles. The van der Waals surface area contributed by atoms with E-state index in [0.29, 0.717) is 17.5 Å². The van der Waals surface area contributed by atoms with Crippen molar-refractivity contribution in [3.05, 3.63) is 77.9 Å². The molecule has 2 heterocycles. The second-order valence-electron chi connectivity index (χ2n) is 7.47. The molecule has 0 aliphatic carbocycles. The molecule has 0 amide bonds. The molecule has 31 heavy (non-hydrogen) atoms. The van der Waals surface area contributed by atoms with Gasteiger partial charge in [-0.3, -0.25) is 4.90 Å². The second kappa shape index (κ2) is 9.89. The number of hydrogen-bond donors (Lipinski definition) is 0. The Bertz CT molecular complexity index is 1090. The van der Waals surface area contributed by atoms with Crippen LogP contribution in [0.4, 0.5) is 0 Å². The maximum Gasteiger partial charge on any atom is 0.237 e. The molecule has 0 radical (unpaired) electrons. The van der Waals surface area contributed by atoms with Crippen LogP contribution in [0.5, 0.6) is 0 Å². The molecule has 0 N–H and O–H groups in total. The van der Waals surface area contributed by atoms with Crippen LogP contribution in [0, 0.1) is 0 Å². The zero-order valence-electron chi connectivity index (χ0n) is 18.0. The summed E-state index contributed by atoms with van der Waals surface area (Å²) in [6.45, 7) is 2.89. The summed E-state index contributed by atoms with van der Waals surface area (Å²) in [5.41, 5.74) is 2.15. The van der Waals surface area contributed by atoms with Gasteiger partial charge in [0.05, 0.1) is 18.3 Å². The van der Waals surface area contributed by atoms with Gasteiger partial charge in [-0.15, -0.1) is 10.2 Å².